The molecule has 1 saturated carbocycles. The van der Waals surface area contributed by atoms with Crippen LogP contribution in [0.2, 0.25) is 0 Å². The molecule has 1 aliphatic heterocycles. The number of carbonyl (C=O) groups is 2. The number of fused-ring (bicyclic) bond motifs is 2. The average molecular weight is 641 g/mol. The van der Waals surface area contributed by atoms with Crippen LogP contribution in [0.5, 0.6) is 0 Å². The first-order valence-corrected chi connectivity index (χ1v) is 16.9. The average Bonchev–Trinajstić information content (AvgIpc) is 3.64. The van der Waals surface area contributed by atoms with Crippen molar-refractivity contribution in [1.82, 2.24) is 19.8 Å². The molecule has 0 radical (unpaired) electrons. The van der Waals surface area contributed by atoms with Crippen LogP contribution in [0.15, 0.2) is 60.7 Å². The van der Waals surface area contributed by atoms with E-state index in [9.17, 15) is 19.1 Å². The standard InChI is InChI=1S/C36H37FN4O4S/c37-27-10-6-23(7-11-27)28-12-8-25-20-26(9-13-29(25)39-28)34-33(24-4-2-1-3-5-24)35-30(21-31(46-35)36(43)44)41(34)22-32(42)38-14-15-40-16-18-45-19-17-40/h6-13,20-21,24H,1-5,14-19,22H2,(H,38,42)(H,43,44). The molecule has 238 valence electrons. The predicted molar refractivity (Wildman–Crippen MR) is 179 cm³/mol. The van der Waals surface area contributed by atoms with Gasteiger partial charge >= 0.3 is 5.97 Å². The number of carbonyl (C=O) groups excluding carboxylic acids is 1. The fourth-order valence-electron chi connectivity index (χ4n) is 6.93. The summed E-state index contributed by atoms with van der Waals surface area (Å²) in [6.07, 6.45) is 5.53. The van der Waals surface area contributed by atoms with Crippen LogP contribution in [0.4, 0.5) is 4.39 Å². The second kappa shape index (κ2) is 13.3. The third-order valence-electron chi connectivity index (χ3n) is 9.26. The molecular weight excluding hydrogens is 603 g/mol. The number of pyridine rings is 1. The van der Waals surface area contributed by atoms with Crippen LogP contribution in [0.25, 0.3) is 43.6 Å². The molecule has 0 atom stereocenters. The van der Waals surface area contributed by atoms with Gasteiger partial charge in [-0.05, 0) is 78.4 Å². The van der Waals surface area contributed by atoms with E-state index in [-0.39, 0.29) is 29.1 Å². The molecule has 2 aromatic carbocycles. The number of morpholine rings is 1. The number of ether oxygens (including phenoxy) is 1. The van der Waals surface area contributed by atoms with Crippen molar-refractivity contribution in [1.29, 1.82) is 0 Å². The number of carboxylic acid groups (broad SMARTS) is 1. The Labute approximate surface area is 270 Å². The minimum atomic E-state index is -0.951. The van der Waals surface area contributed by atoms with Gasteiger partial charge in [-0.3, -0.25) is 9.69 Å². The molecular formula is C36H37FN4O4S. The molecule has 0 spiro atoms. The first kappa shape index (κ1) is 30.5. The summed E-state index contributed by atoms with van der Waals surface area (Å²) in [5.74, 6) is -1.05. The van der Waals surface area contributed by atoms with E-state index in [0.29, 0.717) is 19.8 Å². The monoisotopic (exact) mass is 640 g/mol. The van der Waals surface area contributed by atoms with Crippen LogP contribution in [0.1, 0.15) is 53.3 Å². The maximum atomic E-state index is 13.5. The molecule has 5 aromatic rings. The molecule has 2 aliphatic rings. The summed E-state index contributed by atoms with van der Waals surface area (Å²) in [6.45, 7) is 4.53. The number of nitrogens with zero attached hydrogens (tertiary/aromatic N) is 3. The zero-order valence-electron chi connectivity index (χ0n) is 25.6. The number of aromatic carboxylic acids is 1. The number of rotatable bonds is 9. The van der Waals surface area contributed by atoms with Crippen LogP contribution in [0.3, 0.4) is 0 Å². The van der Waals surface area contributed by atoms with E-state index in [0.717, 1.165) is 94.5 Å². The molecule has 0 bridgehead atoms. The lowest BCUT2D eigenvalue weighted by Gasteiger charge is -2.26. The fourth-order valence-corrected chi connectivity index (χ4v) is 8.06. The normalized spacial score (nSPS) is 16.3. The van der Waals surface area contributed by atoms with Crippen molar-refractivity contribution in [2.45, 2.75) is 44.6 Å². The van der Waals surface area contributed by atoms with Crippen LogP contribution in [-0.4, -0.2) is 70.8 Å². The highest BCUT2D eigenvalue weighted by molar-refractivity contribution is 7.21. The summed E-state index contributed by atoms with van der Waals surface area (Å²) in [5.41, 5.74) is 6.34. The topological polar surface area (TPSA) is 96.7 Å². The van der Waals surface area contributed by atoms with E-state index in [1.165, 1.54) is 29.9 Å². The van der Waals surface area contributed by atoms with Crippen molar-refractivity contribution in [3.8, 4) is 22.5 Å². The second-order valence-electron chi connectivity index (χ2n) is 12.2. The summed E-state index contributed by atoms with van der Waals surface area (Å²) in [5, 5.41) is 14.0. The van der Waals surface area contributed by atoms with Crippen molar-refractivity contribution in [3.63, 3.8) is 0 Å². The van der Waals surface area contributed by atoms with E-state index in [1.807, 2.05) is 22.8 Å². The zero-order chi connectivity index (χ0) is 31.6. The van der Waals surface area contributed by atoms with Crippen molar-refractivity contribution >= 4 is 44.3 Å². The highest BCUT2D eigenvalue weighted by Crippen LogP contribution is 2.47. The van der Waals surface area contributed by atoms with Gasteiger partial charge in [0.25, 0.3) is 0 Å². The molecule has 2 N–H and O–H groups in total. The van der Waals surface area contributed by atoms with Gasteiger partial charge in [0.05, 0.1) is 40.3 Å². The summed E-state index contributed by atoms with van der Waals surface area (Å²) in [6, 6.07) is 18.2. The van der Waals surface area contributed by atoms with Crippen LogP contribution in [-0.2, 0) is 16.1 Å². The smallest absolute Gasteiger partial charge is 0.345 e. The third kappa shape index (κ3) is 6.29. The Hall–Kier alpha value is -4.12. The maximum absolute atomic E-state index is 13.5. The van der Waals surface area contributed by atoms with Gasteiger partial charge in [-0.2, -0.15) is 0 Å². The molecule has 1 saturated heterocycles. The number of nitrogens with one attached hydrogen (secondary N) is 1. The Kier molecular flexibility index (Phi) is 8.84. The largest absolute Gasteiger partial charge is 0.477 e. The number of carboxylic acids is 1. The van der Waals surface area contributed by atoms with Gasteiger partial charge in [0.1, 0.15) is 17.2 Å². The number of hydrogen-bond donors (Lipinski definition) is 2. The minimum absolute atomic E-state index is 0.0945. The van der Waals surface area contributed by atoms with Gasteiger partial charge in [-0.1, -0.05) is 31.4 Å². The van der Waals surface area contributed by atoms with Gasteiger partial charge < -0.3 is 19.7 Å². The number of aromatic nitrogens is 2. The fraction of sp³-hybridized carbons (Fsp3) is 0.361. The first-order valence-electron chi connectivity index (χ1n) is 16.1. The first-order chi connectivity index (χ1) is 22.4. The molecule has 46 heavy (non-hydrogen) atoms. The molecule has 3 aromatic heterocycles. The number of amides is 1. The Bertz CT molecular complexity index is 1890. The zero-order valence-corrected chi connectivity index (χ0v) is 26.5. The molecule has 1 aliphatic carbocycles. The lowest BCUT2D eigenvalue weighted by atomic mass is 9.83. The van der Waals surface area contributed by atoms with Crippen LogP contribution < -0.4 is 5.32 Å². The number of thiophene rings is 1. The Morgan fingerprint density at radius 2 is 1.74 bits per heavy atom. The second-order valence-corrected chi connectivity index (χ2v) is 13.3. The molecule has 4 heterocycles. The SMILES string of the molecule is O=C(Cn1c(-c2ccc3nc(-c4ccc(F)cc4)ccc3c2)c(C2CCCCC2)c2sc(C(=O)O)cc21)NCCN1CCOCC1. The van der Waals surface area contributed by atoms with Crippen LogP contribution >= 0.6 is 11.3 Å². The van der Waals surface area contributed by atoms with Gasteiger partial charge in [0.2, 0.25) is 5.91 Å². The summed E-state index contributed by atoms with van der Waals surface area (Å²) >= 11 is 1.31. The number of halogens is 1. The number of hydrogen-bond acceptors (Lipinski definition) is 6. The molecule has 7 rings (SSSR count). The van der Waals surface area contributed by atoms with E-state index < -0.39 is 5.97 Å². The quantitative estimate of drug-likeness (QED) is 0.182. The third-order valence-corrected chi connectivity index (χ3v) is 10.4. The lowest BCUT2D eigenvalue weighted by molar-refractivity contribution is -0.121. The highest BCUT2D eigenvalue weighted by atomic mass is 32.1. The predicted octanol–water partition coefficient (Wildman–Crippen LogP) is 6.92. The van der Waals surface area contributed by atoms with E-state index in [2.05, 4.69) is 22.3 Å². The van der Waals surface area contributed by atoms with Crippen molar-refractivity contribution in [2.24, 2.45) is 0 Å². The summed E-state index contributed by atoms with van der Waals surface area (Å²) in [4.78, 5) is 33.0. The van der Waals surface area contributed by atoms with Gasteiger partial charge in [0, 0.05) is 37.1 Å². The van der Waals surface area contributed by atoms with Crippen molar-refractivity contribution in [2.75, 3.05) is 39.4 Å². The van der Waals surface area contributed by atoms with Gasteiger partial charge in [-0.15, -0.1) is 11.3 Å². The Morgan fingerprint density at radius 1 is 0.978 bits per heavy atom. The van der Waals surface area contributed by atoms with E-state index >= 15 is 0 Å². The van der Waals surface area contributed by atoms with Crippen molar-refractivity contribution in [3.05, 3.63) is 76.9 Å². The molecule has 10 heteroatoms. The minimum Gasteiger partial charge on any atom is -0.477 e. The van der Waals surface area contributed by atoms with Gasteiger partial charge in [0.15, 0.2) is 0 Å². The maximum Gasteiger partial charge on any atom is 0.345 e. The Balaban J connectivity index is 1.28. The molecule has 8 nitrogen and oxygen atoms in total. The number of benzene rings is 2. The van der Waals surface area contributed by atoms with Gasteiger partial charge in [-0.25, -0.2) is 14.2 Å². The molecule has 2 fully saturated rings. The van der Waals surface area contributed by atoms with Crippen molar-refractivity contribution < 1.29 is 23.8 Å². The van der Waals surface area contributed by atoms with Crippen LogP contribution in [0, 0.1) is 5.82 Å². The van der Waals surface area contributed by atoms with E-state index in [1.54, 1.807) is 18.2 Å². The van der Waals surface area contributed by atoms with E-state index in [4.69, 9.17) is 9.72 Å². The summed E-state index contributed by atoms with van der Waals surface area (Å²) in [7, 11) is 0. The molecule has 1 amide bonds. The molecule has 0 unspecified atom stereocenters. The Morgan fingerprint density at radius 3 is 2.50 bits per heavy atom. The lowest BCUT2D eigenvalue weighted by Crippen LogP contribution is -2.41. The summed E-state index contributed by atoms with van der Waals surface area (Å²) < 4.78 is 22.0. The highest BCUT2D eigenvalue weighted by Gasteiger charge is 2.30.